The third-order valence-electron chi connectivity index (χ3n) is 1.88. The van der Waals surface area contributed by atoms with Gasteiger partial charge in [0.2, 0.25) is 0 Å². The van der Waals surface area contributed by atoms with Crippen LogP contribution in [0, 0.1) is 13.8 Å². The zero-order valence-electron chi connectivity index (χ0n) is 8.46. The second kappa shape index (κ2) is 4.40. The van der Waals surface area contributed by atoms with Gasteiger partial charge in [0.25, 0.3) is 0 Å². The molecular formula is C11H17NO. The number of aliphatic hydroxyl groups is 1. The number of hydrogen-bond donors (Lipinski definition) is 2. The van der Waals surface area contributed by atoms with Gasteiger partial charge in [-0.2, -0.15) is 0 Å². The molecule has 0 aromatic heterocycles. The molecule has 1 atom stereocenters. The van der Waals surface area contributed by atoms with Crippen LogP contribution in [0.25, 0.3) is 0 Å². The van der Waals surface area contributed by atoms with Crippen LogP contribution < -0.4 is 5.32 Å². The average Bonchev–Trinajstić information content (AvgIpc) is 1.99. The van der Waals surface area contributed by atoms with Gasteiger partial charge < -0.3 is 5.11 Å². The van der Waals surface area contributed by atoms with Gasteiger partial charge in [0.1, 0.15) is 6.23 Å². The highest BCUT2D eigenvalue weighted by Gasteiger charge is 1.97. The van der Waals surface area contributed by atoms with Crippen molar-refractivity contribution >= 4 is 0 Å². The fourth-order valence-corrected chi connectivity index (χ4v) is 1.44. The van der Waals surface area contributed by atoms with Crippen molar-refractivity contribution in [3.63, 3.8) is 0 Å². The highest BCUT2D eigenvalue weighted by Crippen LogP contribution is 2.08. The van der Waals surface area contributed by atoms with Crippen LogP contribution in [-0.2, 0) is 6.54 Å². The van der Waals surface area contributed by atoms with Gasteiger partial charge >= 0.3 is 0 Å². The number of rotatable bonds is 3. The Morgan fingerprint density at radius 3 is 2.23 bits per heavy atom. The highest BCUT2D eigenvalue weighted by molar-refractivity contribution is 5.28. The number of aliphatic hydroxyl groups excluding tert-OH is 1. The van der Waals surface area contributed by atoms with Crippen molar-refractivity contribution in [2.45, 2.75) is 33.5 Å². The predicted octanol–water partition coefficient (Wildman–Crippen LogP) is 1.73. The molecule has 0 aliphatic carbocycles. The normalized spacial score (nSPS) is 12.9. The Bertz CT molecular complexity index is 261. The van der Waals surface area contributed by atoms with Crippen molar-refractivity contribution in [3.8, 4) is 0 Å². The predicted molar refractivity (Wildman–Crippen MR) is 54.4 cm³/mol. The second-order valence-corrected chi connectivity index (χ2v) is 3.55. The van der Waals surface area contributed by atoms with Gasteiger partial charge in [0.05, 0.1) is 0 Å². The smallest absolute Gasteiger partial charge is 0.102 e. The van der Waals surface area contributed by atoms with Gasteiger partial charge in [-0.1, -0.05) is 29.3 Å². The van der Waals surface area contributed by atoms with Crippen molar-refractivity contribution in [3.05, 3.63) is 34.9 Å². The van der Waals surface area contributed by atoms with Crippen molar-refractivity contribution in [1.82, 2.24) is 5.32 Å². The topological polar surface area (TPSA) is 32.3 Å². The Kier molecular flexibility index (Phi) is 3.46. The minimum atomic E-state index is -0.444. The molecule has 1 unspecified atom stereocenters. The lowest BCUT2D eigenvalue weighted by atomic mass is 10.1. The standard InChI is InChI=1S/C11H17NO/c1-8-4-9(2)6-11(5-8)7-12-10(3)13/h4-6,10,12-13H,7H2,1-3H3. The van der Waals surface area contributed by atoms with Gasteiger partial charge in [-0.3, -0.25) is 5.32 Å². The molecule has 13 heavy (non-hydrogen) atoms. The van der Waals surface area contributed by atoms with E-state index >= 15 is 0 Å². The molecule has 0 heterocycles. The van der Waals surface area contributed by atoms with Gasteiger partial charge in [-0.15, -0.1) is 0 Å². The Labute approximate surface area is 79.6 Å². The summed E-state index contributed by atoms with van der Waals surface area (Å²) in [5.41, 5.74) is 3.75. The summed E-state index contributed by atoms with van der Waals surface area (Å²) in [6, 6.07) is 6.40. The maximum Gasteiger partial charge on any atom is 0.102 e. The lowest BCUT2D eigenvalue weighted by molar-refractivity contribution is 0.155. The molecule has 2 heteroatoms. The minimum Gasteiger partial charge on any atom is -0.379 e. The third kappa shape index (κ3) is 3.57. The van der Waals surface area contributed by atoms with Crippen LogP contribution in [0.1, 0.15) is 23.6 Å². The van der Waals surface area contributed by atoms with Gasteiger partial charge in [-0.05, 0) is 26.3 Å². The Morgan fingerprint density at radius 2 is 1.77 bits per heavy atom. The van der Waals surface area contributed by atoms with Crippen LogP contribution in [0.2, 0.25) is 0 Å². The van der Waals surface area contributed by atoms with E-state index in [1.165, 1.54) is 16.7 Å². The summed E-state index contributed by atoms with van der Waals surface area (Å²) < 4.78 is 0. The Morgan fingerprint density at radius 1 is 1.23 bits per heavy atom. The minimum absolute atomic E-state index is 0.444. The van der Waals surface area contributed by atoms with E-state index in [9.17, 15) is 0 Å². The first kappa shape index (κ1) is 10.2. The maximum absolute atomic E-state index is 9.04. The van der Waals surface area contributed by atoms with Gasteiger partial charge in [0.15, 0.2) is 0 Å². The van der Waals surface area contributed by atoms with E-state index in [0.29, 0.717) is 0 Å². The first-order valence-corrected chi connectivity index (χ1v) is 4.56. The molecule has 72 valence electrons. The lowest BCUT2D eigenvalue weighted by Crippen LogP contribution is -2.24. The molecule has 0 fully saturated rings. The van der Waals surface area contributed by atoms with Crippen LogP contribution in [0.4, 0.5) is 0 Å². The monoisotopic (exact) mass is 179 g/mol. The maximum atomic E-state index is 9.04. The molecule has 1 rings (SSSR count). The lowest BCUT2D eigenvalue weighted by Gasteiger charge is -2.08. The molecule has 1 aromatic carbocycles. The van der Waals surface area contributed by atoms with E-state index < -0.39 is 6.23 Å². The van der Waals surface area contributed by atoms with Crippen LogP contribution >= 0.6 is 0 Å². The van der Waals surface area contributed by atoms with Crippen LogP contribution in [-0.4, -0.2) is 11.3 Å². The average molecular weight is 179 g/mol. The molecule has 0 spiro atoms. The fourth-order valence-electron chi connectivity index (χ4n) is 1.44. The highest BCUT2D eigenvalue weighted by atomic mass is 16.3. The van der Waals surface area contributed by atoms with E-state index in [1.54, 1.807) is 6.92 Å². The van der Waals surface area contributed by atoms with Crippen molar-refractivity contribution in [2.24, 2.45) is 0 Å². The largest absolute Gasteiger partial charge is 0.379 e. The molecule has 2 N–H and O–H groups in total. The summed E-state index contributed by atoms with van der Waals surface area (Å²) in [6.07, 6.45) is -0.444. The molecule has 0 amide bonds. The number of benzene rings is 1. The summed E-state index contributed by atoms with van der Waals surface area (Å²) in [6.45, 7) is 6.61. The quantitative estimate of drug-likeness (QED) is 0.693. The van der Waals surface area contributed by atoms with Gasteiger partial charge in [-0.25, -0.2) is 0 Å². The van der Waals surface area contributed by atoms with E-state index in [-0.39, 0.29) is 0 Å². The van der Waals surface area contributed by atoms with E-state index in [1.807, 2.05) is 0 Å². The molecule has 0 radical (unpaired) electrons. The number of hydrogen-bond acceptors (Lipinski definition) is 2. The number of nitrogens with one attached hydrogen (secondary N) is 1. The Hall–Kier alpha value is -0.860. The Balaban J connectivity index is 2.66. The van der Waals surface area contributed by atoms with Crippen LogP contribution in [0.3, 0.4) is 0 Å². The molecule has 2 nitrogen and oxygen atoms in total. The molecular weight excluding hydrogens is 162 g/mol. The van der Waals surface area contributed by atoms with Crippen molar-refractivity contribution in [2.75, 3.05) is 0 Å². The molecule has 1 aromatic rings. The summed E-state index contributed by atoms with van der Waals surface area (Å²) in [5, 5.41) is 12.0. The summed E-state index contributed by atoms with van der Waals surface area (Å²) in [7, 11) is 0. The summed E-state index contributed by atoms with van der Waals surface area (Å²) in [4.78, 5) is 0. The van der Waals surface area contributed by atoms with Crippen LogP contribution in [0.15, 0.2) is 18.2 Å². The fraction of sp³-hybridized carbons (Fsp3) is 0.455. The van der Waals surface area contributed by atoms with E-state index in [4.69, 9.17) is 5.11 Å². The third-order valence-corrected chi connectivity index (χ3v) is 1.88. The number of aryl methyl sites for hydroxylation is 2. The second-order valence-electron chi connectivity index (χ2n) is 3.55. The zero-order chi connectivity index (χ0) is 9.84. The molecule has 0 aliphatic heterocycles. The zero-order valence-corrected chi connectivity index (χ0v) is 8.46. The molecule has 0 aliphatic rings. The first-order valence-electron chi connectivity index (χ1n) is 4.56. The summed E-state index contributed by atoms with van der Waals surface area (Å²) >= 11 is 0. The molecule has 0 saturated heterocycles. The van der Waals surface area contributed by atoms with Crippen molar-refractivity contribution in [1.29, 1.82) is 0 Å². The van der Waals surface area contributed by atoms with Gasteiger partial charge in [0, 0.05) is 6.54 Å². The SMILES string of the molecule is Cc1cc(C)cc(CNC(C)O)c1. The van der Waals surface area contributed by atoms with Crippen LogP contribution in [0.5, 0.6) is 0 Å². The summed E-state index contributed by atoms with van der Waals surface area (Å²) in [5.74, 6) is 0. The van der Waals surface area contributed by atoms with E-state index in [2.05, 4.69) is 37.4 Å². The van der Waals surface area contributed by atoms with E-state index in [0.717, 1.165) is 6.54 Å². The molecule has 0 saturated carbocycles. The first-order chi connectivity index (χ1) is 6.08. The van der Waals surface area contributed by atoms with Crippen molar-refractivity contribution < 1.29 is 5.11 Å². The molecule has 0 bridgehead atoms.